The number of hydrogen-bond donors (Lipinski definition) is 1. The fraction of sp³-hybridized carbons (Fsp3) is 0. The molecule has 0 amide bonds. The van der Waals surface area contributed by atoms with E-state index in [2.05, 4.69) is 6.92 Å². The molecule has 0 atom stereocenters. The minimum absolute atomic E-state index is 0.293. The van der Waals surface area contributed by atoms with Crippen LogP contribution in [0.1, 0.15) is 5.56 Å². The van der Waals surface area contributed by atoms with E-state index in [1.807, 2.05) is 18.2 Å². The van der Waals surface area contributed by atoms with E-state index in [9.17, 15) is 0 Å². The lowest BCUT2D eigenvalue weighted by atomic mass is 10.2. The first-order chi connectivity index (χ1) is 4.83. The standard InChI is InChI=1S/C9H9O/c1-2-3-8-4-6-9(10)7-5-8/h2-7,10H,1H2/b3-2+. The zero-order valence-electron chi connectivity index (χ0n) is 5.62. The Hall–Kier alpha value is -1.24. The van der Waals surface area contributed by atoms with E-state index in [-0.39, 0.29) is 0 Å². The number of phenolic OH excluding ortho intramolecular Hbond substituents is 1. The predicted molar refractivity (Wildman–Crippen MR) is 42.5 cm³/mol. The van der Waals surface area contributed by atoms with E-state index >= 15 is 0 Å². The van der Waals surface area contributed by atoms with Gasteiger partial charge in [-0.3, -0.25) is 0 Å². The molecule has 0 saturated carbocycles. The van der Waals surface area contributed by atoms with E-state index in [0.717, 1.165) is 5.56 Å². The van der Waals surface area contributed by atoms with E-state index in [4.69, 9.17) is 5.11 Å². The summed E-state index contributed by atoms with van der Waals surface area (Å²) in [6, 6.07) is 6.96. The molecule has 0 aromatic heterocycles. The molecule has 51 valence electrons. The number of phenols is 1. The molecule has 0 aliphatic rings. The van der Waals surface area contributed by atoms with E-state index in [1.165, 1.54) is 0 Å². The molecule has 0 unspecified atom stereocenters. The number of benzene rings is 1. The van der Waals surface area contributed by atoms with Crippen molar-refractivity contribution in [1.82, 2.24) is 0 Å². The smallest absolute Gasteiger partial charge is 0.115 e. The van der Waals surface area contributed by atoms with Gasteiger partial charge in [0.15, 0.2) is 0 Å². The van der Waals surface area contributed by atoms with Gasteiger partial charge in [-0.25, -0.2) is 0 Å². The topological polar surface area (TPSA) is 20.2 Å². The summed E-state index contributed by atoms with van der Waals surface area (Å²) in [5.41, 5.74) is 1.05. The summed E-state index contributed by atoms with van der Waals surface area (Å²) in [5.74, 6) is 0.293. The van der Waals surface area contributed by atoms with Gasteiger partial charge in [-0.1, -0.05) is 24.3 Å². The second-order valence-electron chi connectivity index (χ2n) is 1.99. The molecule has 1 rings (SSSR count). The molecule has 0 aliphatic heterocycles. The molecule has 1 nitrogen and oxygen atoms in total. The van der Waals surface area contributed by atoms with Crippen molar-refractivity contribution in [2.45, 2.75) is 0 Å². The van der Waals surface area contributed by atoms with Crippen molar-refractivity contribution < 1.29 is 5.11 Å². The number of hydrogen-bond acceptors (Lipinski definition) is 1. The van der Waals surface area contributed by atoms with Crippen LogP contribution in [0.15, 0.2) is 30.3 Å². The number of allylic oxidation sites excluding steroid dienone is 1. The average Bonchev–Trinajstić information content (AvgIpc) is 1.95. The molecule has 10 heavy (non-hydrogen) atoms. The van der Waals surface area contributed by atoms with Gasteiger partial charge in [-0.15, -0.1) is 0 Å². The van der Waals surface area contributed by atoms with Crippen molar-refractivity contribution in [2.75, 3.05) is 0 Å². The second-order valence-corrected chi connectivity index (χ2v) is 1.99. The lowest BCUT2D eigenvalue weighted by Gasteiger charge is -1.91. The van der Waals surface area contributed by atoms with E-state index in [1.54, 1.807) is 18.2 Å². The van der Waals surface area contributed by atoms with E-state index in [0.29, 0.717) is 5.75 Å². The molecular weight excluding hydrogens is 124 g/mol. The van der Waals surface area contributed by atoms with Crippen LogP contribution in [-0.2, 0) is 0 Å². The van der Waals surface area contributed by atoms with Crippen LogP contribution >= 0.6 is 0 Å². The van der Waals surface area contributed by atoms with Gasteiger partial charge < -0.3 is 5.11 Å². The Morgan fingerprint density at radius 2 is 1.80 bits per heavy atom. The number of rotatable bonds is 1. The summed E-state index contributed by atoms with van der Waals surface area (Å²) in [6.07, 6.45) is 3.59. The molecule has 1 aromatic carbocycles. The van der Waals surface area contributed by atoms with Crippen molar-refractivity contribution >= 4 is 6.08 Å². The molecule has 1 radical (unpaired) electrons. The summed E-state index contributed by atoms with van der Waals surface area (Å²) in [5, 5.41) is 8.89. The van der Waals surface area contributed by atoms with Crippen LogP contribution in [-0.4, -0.2) is 5.11 Å². The Morgan fingerprint density at radius 3 is 2.30 bits per heavy atom. The SMILES string of the molecule is [CH2]/C=C/c1ccc(O)cc1. The molecule has 0 aliphatic carbocycles. The quantitative estimate of drug-likeness (QED) is 0.622. The maximum atomic E-state index is 8.89. The van der Waals surface area contributed by atoms with Crippen molar-refractivity contribution in [3.63, 3.8) is 0 Å². The first kappa shape index (κ1) is 6.87. The fourth-order valence-electron chi connectivity index (χ4n) is 0.722. The molecular formula is C9H9O. The molecule has 1 N–H and O–H groups in total. The minimum atomic E-state index is 0.293. The fourth-order valence-corrected chi connectivity index (χ4v) is 0.722. The maximum absolute atomic E-state index is 8.89. The van der Waals surface area contributed by atoms with Gasteiger partial charge in [0.1, 0.15) is 5.75 Å². The van der Waals surface area contributed by atoms with Gasteiger partial charge in [-0.2, -0.15) is 0 Å². The van der Waals surface area contributed by atoms with Crippen LogP contribution in [0.25, 0.3) is 6.08 Å². The highest BCUT2D eigenvalue weighted by Crippen LogP contribution is 2.10. The normalized spacial score (nSPS) is 10.5. The number of aromatic hydroxyl groups is 1. The minimum Gasteiger partial charge on any atom is -0.508 e. The predicted octanol–water partition coefficient (Wildman–Crippen LogP) is 2.24. The summed E-state index contributed by atoms with van der Waals surface area (Å²) < 4.78 is 0. The monoisotopic (exact) mass is 133 g/mol. The van der Waals surface area contributed by atoms with Crippen molar-refractivity contribution in [1.29, 1.82) is 0 Å². The summed E-state index contributed by atoms with van der Waals surface area (Å²) >= 11 is 0. The highest BCUT2D eigenvalue weighted by molar-refractivity contribution is 5.50. The molecule has 0 saturated heterocycles. The first-order valence-electron chi connectivity index (χ1n) is 3.08. The maximum Gasteiger partial charge on any atom is 0.115 e. The van der Waals surface area contributed by atoms with Crippen LogP contribution in [0.4, 0.5) is 0 Å². The highest BCUT2D eigenvalue weighted by atomic mass is 16.3. The molecule has 0 bridgehead atoms. The third kappa shape index (κ3) is 1.62. The zero-order valence-corrected chi connectivity index (χ0v) is 5.62. The Labute approximate surface area is 60.6 Å². The Balaban J connectivity index is 2.89. The van der Waals surface area contributed by atoms with Crippen LogP contribution < -0.4 is 0 Å². The van der Waals surface area contributed by atoms with Gasteiger partial charge in [0.25, 0.3) is 0 Å². The summed E-state index contributed by atoms with van der Waals surface area (Å²) in [7, 11) is 0. The Bertz CT molecular complexity index is 221. The lowest BCUT2D eigenvalue weighted by Crippen LogP contribution is -1.68. The third-order valence-electron chi connectivity index (χ3n) is 1.20. The van der Waals surface area contributed by atoms with Gasteiger partial charge in [-0.05, 0) is 24.6 Å². The largest absolute Gasteiger partial charge is 0.508 e. The molecule has 0 fully saturated rings. The summed E-state index contributed by atoms with van der Waals surface area (Å²) in [6.45, 7) is 3.56. The van der Waals surface area contributed by atoms with Crippen LogP contribution in [0.5, 0.6) is 5.75 Å². The zero-order chi connectivity index (χ0) is 7.40. The molecule has 0 spiro atoms. The van der Waals surface area contributed by atoms with Crippen molar-refractivity contribution in [2.24, 2.45) is 0 Å². The summed E-state index contributed by atoms with van der Waals surface area (Å²) in [4.78, 5) is 0. The van der Waals surface area contributed by atoms with Crippen LogP contribution in [0, 0.1) is 6.92 Å². The average molecular weight is 133 g/mol. The van der Waals surface area contributed by atoms with Crippen molar-refractivity contribution in [3.8, 4) is 5.75 Å². The third-order valence-corrected chi connectivity index (χ3v) is 1.20. The Morgan fingerprint density at radius 1 is 1.20 bits per heavy atom. The van der Waals surface area contributed by atoms with Gasteiger partial charge in [0.05, 0.1) is 0 Å². The van der Waals surface area contributed by atoms with Gasteiger partial charge in [0, 0.05) is 0 Å². The van der Waals surface area contributed by atoms with Gasteiger partial charge in [0.2, 0.25) is 0 Å². The second kappa shape index (κ2) is 3.06. The molecule has 1 heteroatoms. The van der Waals surface area contributed by atoms with Crippen LogP contribution in [0.2, 0.25) is 0 Å². The molecule has 0 heterocycles. The Kier molecular flexibility index (Phi) is 2.11. The van der Waals surface area contributed by atoms with Crippen molar-refractivity contribution in [3.05, 3.63) is 42.8 Å². The molecule has 1 aromatic rings. The highest BCUT2D eigenvalue weighted by Gasteiger charge is 1.85. The van der Waals surface area contributed by atoms with Gasteiger partial charge >= 0.3 is 0 Å². The van der Waals surface area contributed by atoms with E-state index < -0.39 is 0 Å². The lowest BCUT2D eigenvalue weighted by molar-refractivity contribution is 0.475. The first-order valence-corrected chi connectivity index (χ1v) is 3.08. The van der Waals surface area contributed by atoms with Crippen LogP contribution in [0.3, 0.4) is 0 Å².